The smallest absolute Gasteiger partial charge is 0.129 e. The van der Waals surface area contributed by atoms with Gasteiger partial charge in [0.05, 0.1) is 49.6 Å². The highest BCUT2D eigenvalue weighted by molar-refractivity contribution is 5.48. The predicted octanol–water partition coefficient (Wildman–Crippen LogP) is -0.430. The van der Waals surface area contributed by atoms with Gasteiger partial charge in [0.2, 0.25) is 0 Å². The van der Waals surface area contributed by atoms with Crippen molar-refractivity contribution in [2.45, 2.75) is 98.0 Å². The molecule has 1 aliphatic heterocycles. The summed E-state index contributed by atoms with van der Waals surface area (Å²) in [6.07, 6.45) is -3.30. The Morgan fingerprint density at radius 3 is 2.31 bits per heavy atom. The number of aliphatic hydroxyl groups is 6. The first-order chi connectivity index (χ1) is 19.8. The Labute approximate surface area is 245 Å². The number of methoxy groups -OCH3 is 3. The molecule has 1 heterocycles. The number of hydrogen-bond acceptors (Lipinski definition) is 11. The number of benzene rings is 1. The van der Waals surface area contributed by atoms with E-state index in [0.29, 0.717) is 31.7 Å². The number of likely N-dealkylation sites (tertiary alicyclic amines) is 1. The maximum Gasteiger partial charge on any atom is 0.129 e. The average Bonchev–Trinajstić information content (AvgIpc) is 3.27. The molecule has 0 aromatic heterocycles. The number of rotatable bonds is 8. The minimum Gasteiger partial charge on any atom is -0.497 e. The predicted molar refractivity (Wildman–Crippen MR) is 147 cm³/mol. The van der Waals surface area contributed by atoms with Crippen molar-refractivity contribution in [3.05, 3.63) is 29.8 Å². The fourth-order valence-corrected chi connectivity index (χ4v) is 11.5. The normalized spacial score (nSPS) is 53.8. The van der Waals surface area contributed by atoms with Crippen molar-refractivity contribution in [2.24, 2.45) is 16.7 Å². The zero-order valence-electron chi connectivity index (χ0n) is 24.8. The molecule has 1 unspecified atom stereocenters. The van der Waals surface area contributed by atoms with Crippen LogP contribution in [0.1, 0.15) is 44.6 Å². The molecule has 1 aromatic rings. The average molecular weight is 592 g/mol. The van der Waals surface area contributed by atoms with Crippen molar-refractivity contribution < 1.29 is 49.6 Å². The van der Waals surface area contributed by atoms with Gasteiger partial charge in [-0.15, -0.1) is 0 Å². The highest BCUT2D eigenvalue weighted by Gasteiger charge is 2.97. The van der Waals surface area contributed by atoms with Gasteiger partial charge in [-0.3, -0.25) is 4.90 Å². The molecule has 42 heavy (non-hydrogen) atoms. The second-order valence-corrected chi connectivity index (χ2v) is 14.0. The van der Waals surface area contributed by atoms with E-state index in [1.54, 1.807) is 45.6 Å². The van der Waals surface area contributed by atoms with Crippen LogP contribution >= 0.6 is 0 Å². The van der Waals surface area contributed by atoms with Crippen LogP contribution in [-0.4, -0.2) is 129 Å². The number of likely N-dealkylation sites (N-methyl/N-ethyl adjacent to an activating group) is 1. The molecule has 11 heteroatoms. The summed E-state index contributed by atoms with van der Waals surface area (Å²) in [6.45, 7) is 3.11. The molecule has 0 radical (unpaired) electrons. The third kappa shape index (κ3) is 2.84. The monoisotopic (exact) mass is 591 g/mol. The maximum atomic E-state index is 13.2. The largest absolute Gasteiger partial charge is 0.497 e. The molecule has 6 N–H and O–H groups in total. The third-order valence-corrected chi connectivity index (χ3v) is 12.9. The molecule has 6 aliphatic rings. The van der Waals surface area contributed by atoms with Gasteiger partial charge in [-0.2, -0.15) is 0 Å². The van der Waals surface area contributed by atoms with E-state index in [1.807, 2.05) is 6.92 Å². The molecule has 7 rings (SSSR count). The lowest BCUT2D eigenvalue weighted by molar-refractivity contribution is -0.388. The van der Waals surface area contributed by atoms with Gasteiger partial charge >= 0.3 is 0 Å². The number of aliphatic hydroxyl groups excluding tert-OH is 1. The van der Waals surface area contributed by atoms with Crippen LogP contribution in [0.5, 0.6) is 5.75 Å². The number of hydrogen-bond donors (Lipinski definition) is 6. The van der Waals surface area contributed by atoms with E-state index >= 15 is 0 Å². The molecule has 1 saturated heterocycles. The van der Waals surface area contributed by atoms with Crippen molar-refractivity contribution >= 4 is 0 Å². The Kier molecular flexibility index (Phi) is 6.20. The van der Waals surface area contributed by atoms with E-state index in [-0.39, 0.29) is 26.1 Å². The van der Waals surface area contributed by atoms with Gasteiger partial charge < -0.3 is 49.6 Å². The number of nitrogens with zero attached hydrogens (tertiary/aromatic N) is 1. The van der Waals surface area contributed by atoms with Crippen LogP contribution in [0.25, 0.3) is 0 Å². The Hall–Kier alpha value is -1.38. The summed E-state index contributed by atoms with van der Waals surface area (Å²) in [6, 6.07) is 6.33. The minimum absolute atomic E-state index is 0.0314. The van der Waals surface area contributed by atoms with Gasteiger partial charge in [0.25, 0.3) is 0 Å². The summed E-state index contributed by atoms with van der Waals surface area (Å²) in [7, 11) is 4.73. The zero-order chi connectivity index (χ0) is 30.1. The van der Waals surface area contributed by atoms with Crippen LogP contribution in [0.4, 0.5) is 0 Å². The van der Waals surface area contributed by atoms with Crippen molar-refractivity contribution in [1.82, 2.24) is 4.90 Å². The summed E-state index contributed by atoms with van der Waals surface area (Å²) in [5.74, 6) is -0.319. The molecular weight excluding hydrogens is 546 g/mol. The molecule has 1 aromatic carbocycles. The SMILES string of the molecule is CCN1C[C@]2(COC)CC[C@H](OC)[C@]34C1[C@](O)(C[C@]23O)[C@@]1(O)C[C@H](O)[C@@]2(O)C[C@@H]4[C@]1(O)[C@H]2OCc1ccc(OC)cc1. The maximum absolute atomic E-state index is 13.2. The van der Waals surface area contributed by atoms with Gasteiger partial charge in [0.1, 0.15) is 34.3 Å². The highest BCUT2D eigenvalue weighted by atomic mass is 16.5. The fraction of sp³-hybridized carbons (Fsp3) is 0.806. The van der Waals surface area contributed by atoms with Gasteiger partial charge in [0.15, 0.2) is 0 Å². The van der Waals surface area contributed by atoms with Crippen LogP contribution in [-0.2, 0) is 20.8 Å². The zero-order valence-corrected chi connectivity index (χ0v) is 24.8. The van der Waals surface area contributed by atoms with Crippen LogP contribution in [0.3, 0.4) is 0 Å². The molecule has 12 atom stereocenters. The van der Waals surface area contributed by atoms with E-state index in [9.17, 15) is 30.6 Å². The van der Waals surface area contributed by atoms with Crippen molar-refractivity contribution in [3.8, 4) is 5.75 Å². The summed E-state index contributed by atoms with van der Waals surface area (Å²) in [4.78, 5) is 2.10. The first-order valence-corrected chi connectivity index (χ1v) is 15.1. The van der Waals surface area contributed by atoms with E-state index in [1.165, 1.54) is 0 Å². The Morgan fingerprint density at radius 1 is 0.976 bits per heavy atom. The van der Waals surface area contributed by atoms with Crippen LogP contribution in [0, 0.1) is 16.7 Å². The van der Waals surface area contributed by atoms with Gasteiger partial charge in [0, 0.05) is 44.9 Å². The Bertz CT molecular complexity index is 1250. The summed E-state index contributed by atoms with van der Waals surface area (Å²) in [5, 5.41) is 75.7. The van der Waals surface area contributed by atoms with Gasteiger partial charge in [-0.05, 0) is 43.5 Å². The lowest BCUT2D eigenvalue weighted by Gasteiger charge is -2.73. The standard InChI is InChI=1S/C31H45NO10/c1-5-32-16-25(17-39-2)11-10-22(41-4)30-20-12-26(34)21(33)13-28(36,27(35,23(30)32)15-29(25,30)37)31(20,38)24(26)42-14-18-6-8-19(40-3)9-7-18/h6-9,20-24,33-38H,5,10-17H2,1-4H3/t20-,21-,22-,23?,24-,25-,26-,27+,28-,29-,30+,31-/m0/s1. The molecule has 5 aliphatic carbocycles. The Morgan fingerprint density at radius 2 is 1.69 bits per heavy atom. The second kappa shape index (κ2) is 8.87. The molecule has 234 valence electrons. The van der Waals surface area contributed by atoms with Crippen molar-refractivity contribution in [3.63, 3.8) is 0 Å². The molecule has 11 nitrogen and oxygen atoms in total. The van der Waals surface area contributed by atoms with Gasteiger partial charge in [-0.1, -0.05) is 19.1 Å². The fourth-order valence-electron chi connectivity index (χ4n) is 11.5. The molecule has 6 fully saturated rings. The molecular formula is C31H45NO10. The molecule has 7 bridgehead atoms. The summed E-state index contributed by atoms with van der Waals surface area (Å²) >= 11 is 0. The quantitative estimate of drug-likeness (QED) is 0.233. The topological polar surface area (TPSA) is 162 Å². The van der Waals surface area contributed by atoms with E-state index < -0.39 is 75.5 Å². The first kappa shape index (κ1) is 29.3. The number of piperidine rings is 1. The van der Waals surface area contributed by atoms with E-state index in [4.69, 9.17) is 18.9 Å². The summed E-state index contributed by atoms with van der Waals surface area (Å²) in [5.41, 5.74) is -11.5. The van der Waals surface area contributed by atoms with Crippen LogP contribution in [0.2, 0.25) is 0 Å². The lowest BCUT2D eigenvalue weighted by atomic mass is 9.40. The minimum atomic E-state index is -2.31. The van der Waals surface area contributed by atoms with Crippen molar-refractivity contribution in [2.75, 3.05) is 41.0 Å². The van der Waals surface area contributed by atoms with Crippen LogP contribution in [0.15, 0.2) is 24.3 Å². The molecule has 0 amide bonds. The number of ether oxygens (including phenoxy) is 4. The van der Waals surface area contributed by atoms with Gasteiger partial charge in [-0.25, -0.2) is 0 Å². The third-order valence-electron chi connectivity index (χ3n) is 12.9. The first-order valence-electron chi connectivity index (χ1n) is 15.1. The lowest BCUT2D eigenvalue weighted by Crippen LogP contribution is -2.89. The Balaban J connectivity index is 1.43. The molecule has 1 spiro atoms. The molecule has 5 saturated carbocycles. The van der Waals surface area contributed by atoms with E-state index in [2.05, 4.69) is 4.90 Å². The van der Waals surface area contributed by atoms with E-state index in [0.717, 1.165) is 5.56 Å². The van der Waals surface area contributed by atoms with Crippen molar-refractivity contribution in [1.29, 1.82) is 0 Å². The second-order valence-electron chi connectivity index (χ2n) is 14.0. The number of fused-ring (bicyclic) bond motifs is 2. The highest BCUT2D eigenvalue weighted by Crippen LogP contribution is 2.82. The summed E-state index contributed by atoms with van der Waals surface area (Å²) < 4.78 is 23.5. The van der Waals surface area contributed by atoms with Crippen LogP contribution < -0.4 is 4.74 Å².